The van der Waals surface area contributed by atoms with E-state index < -0.39 is 9.84 Å². The van der Waals surface area contributed by atoms with Crippen molar-refractivity contribution in [2.75, 3.05) is 5.75 Å². The van der Waals surface area contributed by atoms with Gasteiger partial charge in [0.1, 0.15) is 0 Å². The molecular formula is C15H24N4O2S. The molecule has 3 N–H and O–H groups in total. The lowest BCUT2D eigenvalue weighted by atomic mass is 10.3. The Morgan fingerprint density at radius 1 is 1.50 bits per heavy atom. The Labute approximate surface area is 132 Å². The van der Waals surface area contributed by atoms with Crippen LogP contribution < -0.4 is 11.1 Å². The zero-order chi connectivity index (χ0) is 16.8. The second kappa shape index (κ2) is 8.17. The lowest BCUT2D eigenvalue weighted by Crippen LogP contribution is -2.27. The maximum atomic E-state index is 11.7. The highest BCUT2D eigenvalue weighted by molar-refractivity contribution is 7.91. The van der Waals surface area contributed by atoms with Gasteiger partial charge in [-0.1, -0.05) is 13.5 Å². The van der Waals surface area contributed by atoms with Crippen LogP contribution in [-0.4, -0.2) is 37.5 Å². The SMILES string of the molecule is C=C(N=CC(C)NCc1ccc(S(=O)(=O)CC)cn1)[C@H](C)N. The average Bonchev–Trinajstić information content (AvgIpc) is 2.50. The monoisotopic (exact) mass is 324 g/mol. The molecule has 0 saturated carbocycles. The van der Waals surface area contributed by atoms with E-state index in [9.17, 15) is 8.42 Å². The first-order chi connectivity index (χ1) is 10.3. The maximum absolute atomic E-state index is 11.7. The van der Waals surface area contributed by atoms with E-state index in [0.29, 0.717) is 12.2 Å². The van der Waals surface area contributed by atoms with Crippen LogP contribution >= 0.6 is 0 Å². The minimum absolute atomic E-state index is 0.0244. The summed E-state index contributed by atoms with van der Waals surface area (Å²) in [7, 11) is -3.20. The van der Waals surface area contributed by atoms with Crippen molar-refractivity contribution in [2.45, 2.75) is 44.3 Å². The minimum atomic E-state index is -3.20. The number of nitrogens with one attached hydrogen (secondary N) is 1. The number of aliphatic imine (C=N–C) groups is 1. The van der Waals surface area contributed by atoms with Crippen LogP contribution in [0.5, 0.6) is 0 Å². The van der Waals surface area contributed by atoms with Gasteiger partial charge in [-0.05, 0) is 26.0 Å². The largest absolute Gasteiger partial charge is 0.323 e. The van der Waals surface area contributed by atoms with Gasteiger partial charge in [-0.2, -0.15) is 0 Å². The Kier molecular flexibility index (Phi) is 6.86. The van der Waals surface area contributed by atoms with E-state index in [-0.39, 0.29) is 22.7 Å². The number of hydrogen-bond acceptors (Lipinski definition) is 6. The van der Waals surface area contributed by atoms with Gasteiger partial charge in [-0.3, -0.25) is 9.98 Å². The van der Waals surface area contributed by atoms with Gasteiger partial charge in [0.25, 0.3) is 0 Å². The van der Waals surface area contributed by atoms with E-state index in [2.05, 4.69) is 21.9 Å². The van der Waals surface area contributed by atoms with Crippen LogP contribution in [0.25, 0.3) is 0 Å². The molecule has 1 aromatic heterocycles. The lowest BCUT2D eigenvalue weighted by Gasteiger charge is -2.10. The molecule has 7 heteroatoms. The van der Waals surface area contributed by atoms with Gasteiger partial charge in [-0.15, -0.1) is 0 Å². The fourth-order valence-electron chi connectivity index (χ4n) is 1.51. The predicted octanol–water partition coefficient (Wildman–Crippen LogP) is 1.28. The first-order valence-corrected chi connectivity index (χ1v) is 8.81. The van der Waals surface area contributed by atoms with Gasteiger partial charge in [-0.25, -0.2) is 8.42 Å². The first kappa shape index (κ1) is 18.5. The highest BCUT2D eigenvalue weighted by atomic mass is 32.2. The third kappa shape index (κ3) is 5.67. The summed E-state index contributed by atoms with van der Waals surface area (Å²) in [5, 5.41) is 3.22. The summed E-state index contributed by atoms with van der Waals surface area (Å²) >= 11 is 0. The van der Waals surface area contributed by atoms with E-state index >= 15 is 0 Å². The predicted molar refractivity (Wildman–Crippen MR) is 89.5 cm³/mol. The fourth-order valence-corrected chi connectivity index (χ4v) is 2.33. The van der Waals surface area contributed by atoms with Crippen LogP contribution in [0.15, 0.2) is 40.5 Å². The van der Waals surface area contributed by atoms with Gasteiger partial charge >= 0.3 is 0 Å². The number of pyridine rings is 1. The highest BCUT2D eigenvalue weighted by Gasteiger charge is 2.11. The zero-order valence-corrected chi connectivity index (χ0v) is 14.1. The maximum Gasteiger partial charge on any atom is 0.179 e. The lowest BCUT2D eigenvalue weighted by molar-refractivity contribution is 0.596. The van der Waals surface area contributed by atoms with Gasteiger partial charge in [0.05, 0.1) is 16.3 Å². The third-order valence-corrected chi connectivity index (χ3v) is 4.85. The van der Waals surface area contributed by atoms with E-state index in [1.165, 1.54) is 6.20 Å². The van der Waals surface area contributed by atoms with Crippen LogP contribution in [0.3, 0.4) is 0 Å². The van der Waals surface area contributed by atoms with Gasteiger partial charge < -0.3 is 11.1 Å². The molecule has 122 valence electrons. The summed E-state index contributed by atoms with van der Waals surface area (Å²) in [5.74, 6) is 0.0726. The van der Waals surface area contributed by atoms with Crippen LogP contribution in [0.4, 0.5) is 0 Å². The second-order valence-electron chi connectivity index (χ2n) is 5.12. The summed E-state index contributed by atoms with van der Waals surface area (Å²) in [6, 6.07) is 3.15. The smallest absolute Gasteiger partial charge is 0.179 e. The summed E-state index contributed by atoms with van der Waals surface area (Å²) in [5.41, 5.74) is 7.05. The molecule has 0 bridgehead atoms. The normalized spacial score (nSPS) is 14.9. The molecule has 1 unspecified atom stereocenters. The molecule has 1 aromatic rings. The molecular weight excluding hydrogens is 300 g/mol. The molecule has 1 heterocycles. The number of nitrogens with zero attached hydrogens (tertiary/aromatic N) is 2. The standard InChI is InChI=1S/C15H24N4O2S/c1-5-22(20,21)15-7-6-14(19-10-15)9-17-11(2)8-18-13(4)12(3)16/h6-8,10-12,17H,4-5,9,16H2,1-3H3/t11?,12-/m0/s1. The van der Waals surface area contributed by atoms with E-state index in [1.807, 2.05) is 13.8 Å². The third-order valence-electron chi connectivity index (χ3n) is 3.13. The van der Waals surface area contributed by atoms with Crippen molar-refractivity contribution in [3.8, 4) is 0 Å². The minimum Gasteiger partial charge on any atom is -0.323 e. The van der Waals surface area contributed by atoms with Crippen molar-refractivity contribution in [3.63, 3.8) is 0 Å². The van der Waals surface area contributed by atoms with Gasteiger partial charge in [0.2, 0.25) is 0 Å². The Morgan fingerprint density at radius 3 is 2.68 bits per heavy atom. The zero-order valence-electron chi connectivity index (χ0n) is 13.3. The van der Waals surface area contributed by atoms with Crippen LogP contribution in [-0.2, 0) is 16.4 Å². The molecule has 6 nitrogen and oxygen atoms in total. The highest BCUT2D eigenvalue weighted by Crippen LogP contribution is 2.09. The molecule has 0 aliphatic heterocycles. The number of rotatable bonds is 8. The fraction of sp³-hybridized carbons (Fsp3) is 0.467. The number of hydrogen-bond donors (Lipinski definition) is 2. The van der Waals surface area contributed by atoms with Crippen LogP contribution in [0, 0.1) is 0 Å². The average molecular weight is 324 g/mol. The summed E-state index contributed by atoms with van der Waals surface area (Å²) in [6.45, 7) is 9.68. The Hall–Kier alpha value is -1.57. The molecule has 0 radical (unpaired) electrons. The van der Waals surface area contributed by atoms with Crippen LogP contribution in [0.1, 0.15) is 26.5 Å². The summed E-state index contributed by atoms with van der Waals surface area (Å²) in [4.78, 5) is 8.60. The molecule has 0 amide bonds. The van der Waals surface area contributed by atoms with Crippen LogP contribution in [0.2, 0.25) is 0 Å². The van der Waals surface area contributed by atoms with Crippen molar-refractivity contribution in [3.05, 3.63) is 36.3 Å². The number of aromatic nitrogens is 1. The number of nitrogens with two attached hydrogens (primary N) is 1. The van der Waals surface area contributed by atoms with E-state index in [1.54, 1.807) is 25.3 Å². The molecule has 0 spiro atoms. The Balaban J connectivity index is 2.57. The molecule has 0 aromatic carbocycles. The molecule has 2 atom stereocenters. The van der Waals surface area contributed by atoms with Crippen molar-refractivity contribution < 1.29 is 8.42 Å². The molecule has 1 rings (SSSR count). The van der Waals surface area contributed by atoms with Gasteiger partial charge in [0.15, 0.2) is 9.84 Å². The van der Waals surface area contributed by atoms with Crippen molar-refractivity contribution in [1.82, 2.24) is 10.3 Å². The van der Waals surface area contributed by atoms with E-state index in [0.717, 1.165) is 5.69 Å². The van der Waals surface area contributed by atoms with E-state index in [4.69, 9.17) is 5.73 Å². The van der Waals surface area contributed by atoms with Crippen molar-refractivity contribution in [1.29, 1.82) is 0 Å². The summed E-state index contributed by atoms with van der Waals surface area (Å²) < 4.78 is 23.4. The summed E-state index contributed by atoms with van der Waals surface area (Å²) in [6.07, 6.45) is 3.13. The molecule has 0 saturated heterocycles. The number of sulfone groups is 1. The molecule has 22 heavy (non-hydrogen) atoms. The second-order valence-corrected chi connectivity index (χ2v) is 7.39. The first-order valence-electron chi connectivity index (χ1n) is 7.16. The van der Waals surface area contributed by atoms with Crippen molar-refractivity contribution >= 4 is 16.1 Å². The molecule has 0 aliphatic rings. The van der Waals surface area contributed by atoms with Gasteiger partial charge in [0, 0.05) is 36.7 Å². The topological polar surface area (TPSA) is 97.4 Å². The Bertz CT molecular complexity index is 621. The van der Waals surface area contributed by atoms with Crippen molar-refractivity contribution in [2.24, 2.45) is 10.7 Å². The molecule has 0 fully saturated rings. The molecule has 0 aliphatic carbocycles. The Morgan fingerprint density at radius 2 is 2.18 bits per heavy atom. The quantitative estimate of drug-likeness (QED) is 0.702.